The van der Waals surface area contributed by atoms with Gasteiger partial charge in [-0.3, -0.25) is 4.90 Å². The molecule has 2 fully saturated rings. The molecule has 2 saturated heterocycles. The van der Waals surface area contributed by atoms with Gasteiger partial charge in [0.1, 0.15) is 6.04 Å². The zero-order chi connectivity index (χ0) is 12.4. The fourth-order valence-electron chi connectivity index (χ4n) is 2.04. The fraction of sp³-hybridized carbons (Fsp3) is 0.800. The van der Waals surface area contributed by atoms with Crippen LogP contribution in [0.3, 0.4) is 0 Å². The second kappa shape index (κ2) is 5.39. The Morgan fingerprint density at radius 3 is 2.76 bits per heavy atom. The highest BCUT2D eigenvalue weighted by Crippen LogP contribution is 2.29. The fourth-order valence-corrected chi connectivity index (χ4v) is 4.36. The van der Waals surface area contributed by atoms with Crippen LogP contribution in [0.1, 0.15) is 13.3 Å². The van der Waals surface area contributed by atoms with Crippen LogP contribution >= 0.6 is 23.5 Å². The van der Waals surface area contributed by atoms with Crippen molar-refractivity contribution in [3.8, 4) is 0 Å². The van der Waals surface area contributed by atoms with Gasteiger partial charge in [0, 0.05) is 17.5 Å². The molecular weight excluding hydrogens is 260 g/mol. The molecule has 96 valence electrons. The second-order valence-corrected chi connectivity index (χ2v) is 6.70. The SMILES string of the molecule is CC1SCC(C(=O)O)N1C(=O)NC1CCSC1. The van der Waals surface area contributed by atoms with Crippen LogP contribution in [0.15, 0.2) is 0 Å². The van der Waals surface area contributed by atoms with Crippen molar-refractivity contribution in [1.29, 1.82) is 0 Å². The molecule has 0 aromatic heterocycles. The van der Waals surface area contributed by atoms with Gasteiger partial charge in [0.15, 0.2) is 0 Å². The molecule has 0 aromatic carbocycles. The van der Waals surface area contributed by atoms with Crippen LogP contribution in [0, 0.1) is 0 Å². The third-order valence-corrected chi connectivity index (χ3v) is 5.38. The van der Waals surface area contributed by atoms with Crippen LogP contribution in [0.25, 0.3) is 0 Å². The Bertz CT molecular complexity index is 321. The number of urea groups is 1. The molecule has 0 aliphatic carbocycles. The molecule has 0 bridgehead atoms. The van der Waals surface area contributed by atoms with E-state index in [4.69, 9.17) is 5.11 Å². The van der Waals surface area contributed by atoms with Crippen LogP contribution in [0.2, 0.25) is 0 Å². The van der Waals surface area contributed by atoms with E-state index in [0.29, 0.717) is 5.75 Å². The molecule has 2 amide bonds. The molecule has 3 unspecified atom stereocenters. The number of carboxylic acids is 1. The summed E-state index contributed by atoms with van der Waals surface area (Å²) in [4.78, 5) is 24.6. The lowest BCUT2D eigenvalue weighted by atomic mass is 10.2. The number of hydrogen-bond acceptors (Lipinski definition) is 4. The topological polar surface area (TPSA) is 69.6 Å². The zero-order valence-electron chi connectivity index (χ0n) is 9.59. The van der Waals surface area contributed by atoms with E-state index >= 15 is 0 Å². The Hall–Kier alpha value is -0.560. The Labute approximate surface area is 109 Å². The van der Waals surface area contributed by atoms with E-state index in [1.54, 1.807) is 0 Å². The van der Waals surface area contributed by atoms with Gasteiger partial charge in [-0.15, -0.1) is 11.8 Å². The summed E-state index contributed by atoms with van der Waals surface area (Å²) in [7, 11) is 0. The maximum atomic E-state index is 12.1. The summed E-state index contributed by atoms with van der Waals surface area (Å²) in [5, 5.41) is 11.9. The molecule has 2 N–H and O–H groups in total. The minimum absolute atomic E-state index is 0.0647. The van der Waals surface area contributed by atoms with Crippen molar-refractivity contribution < 1.29 is 14.7 Å². The number of rotatable bonds is 2. The molecule has 2 rings (SSSR count). The van der Waals surface area contributed by atoms with Crippen molar-refractivity contribution in [2.24, 2.45) is 0 Å². The number of aliphatic carboxylic acids is 1. The lowest BCUT2D eigenvalue weighted by Gasteiger charge is -2.26. The number of carbonyl (C=O) groups is 2. The van der Waals surface area contributed by atoms with Crippen molar-refractivity contribution in [3.63, 3.8) is 0 Å². The highest BCUT2D eigenvalue weighted by Gasteiger charge is 2.40. The molecule has 17 heavy (non-hydrogen) atoms. The number of carboxylic acid groups (broad SMARTS) is 1. The largest absolute Gasteiger partial charge is 0.480 e. The second-order valence-electron chi connectivity index (χ2n) is 4.20. The summed E-state index contributed by atoms with van der Waals surface area (Å²) in [6.07, 6.45) is 0.976. The van der Waals surface area contributed by atoms with E-state index in [-0.39, 0.29) is 17.4 Å². The Morgan fingerprint density at radius 1 is 1.41 bits per heavy atom. The van der Waals surface area contributed by atoms with Gasteiger partial charge in [0.2, 0.25) is 0 Å². The van der Waals surface area contributed by atoms with Crippen LogP contribution < -0.4 is 5.32 Å². The van der Waals surface area contributed by atoms with E-state index in [1.165, 1.54) is 16.7 Å². The predicted molar refractivity (Wildman–Crippen MR) is 69.4 cm³/mol. The molecular formula is C10H16N2O3S2. The first-order valence-electron chi connectivity index (χ1n) is 5.60. The number of carbonyl (C=O) groups excluding carboxylic acids is 1. The van der Waals surface area contributed by atoms with Gasteiger partial charge in [-0.1, -0.05) is 0 Å². The lowest BCUT2D eigenvalue weighted by molar-refractivity contribution is -0.141. The summed E-state index contributed by atoms with van der Waals surface area (Å²) in [5.74, 6) is 1.55. The number of thioether (sulfide) groups is 2. The van der Waals surface area contributed by atoms with E-state index in [1.807, 2.05) is 18.7 Å². The summed E-state index contributed by atoms with van der Waals surface area (Å²) in [5.41, 5.74) is 0. The van der Waals surface area contributed by atoms with Crippen molar-refractivity contribution in [2.45, 2.75) is 30.8 Å². The zero-order valence-corrected chi connectivity index (χ0v) is 11.2. The number of hydrogen-bond donors (Lipinski definition) is 2. The maximum Gasteiger partial charge on any atom is 0.327 e. The molecule has 2 aliphatic heterocycles. The minimum atomic E-state index is -0.919. The van der Waals surface area contributed by atoms with Gasteiger partial charge in [-0.05, 0) is 19.1 Å². The summed E-state index contributed by atoms with van der Waals surface area (Å²) >= 11 is 3.33. The average molecular weight is 276 g/mol. The van der Waals surface area contributed by atoms with Gasteiger partial charge in [-0.25, -0.2) is 9.59 Å². The first kappa shape index (κ1) is 12.9. The van der Waals surface area contributed by atoms with Gasteiger partial charge in [-0.2, -0.15) is 11.8 Å². The molecule has 0 spiro atoms. The molecule has 0 radical (unpaired) electrons. The van der Waals surface area contributed by atoms with Gasteiger partial charge >= 0.3 is 12.0 Å². The highest BCUT2D eigenvalue weighted by atomic mass is 32.2. The third-order valence-electron chi connectivity index (χ3n) is 3.00. The maximum absolute atomic E-state index is 12.1. The van der Waals surface area contributed by atoms with E-state index in [9.17, 15) is 9.59 Å². The summed E-state index contributed by atoms with van der Waals surface area (Å²) < 4.78 is 0. The Balaban J connectivity index is 1.98. The van der Waals surface area contributed by atoms with Crippen LogP contribution in [-0.4, -0.2) is 56.7 Å². The quantitative estimate of drug-likeness (QED) is 0.789. The average Bonchev–Trinajstić information content (AvgIpc) is 2.86. The van der Waals surface area contributed by atoms with E-state index < -0.39 is 12.0 Å². The summed E-state index contributed by atoms with van der Waals surface area (Å²) in [6.45, 7) is 1.87. The Morgan fingerprint density at radius 2 is 2.18 bits per heavy atom. The molecule has 2 aliphatic rings. The van der Waals surface area contributed by atoms with Crippen molar-refractivity contribution in [2.75, 3.05) is 17.3 Å². The van der Waals surface area contributed by atoms with Gasteiger partial charge in [0.25, 0.3) is 0 Å². The molecule has 2 heterocycles. The number of nitrogens with one attached hydrogen (secondary N) is 1. The minimum Gasteiger partial charge on any atom is -0.480 e. The predicted octanol–water partition coefficient (Wildman–Crippen LogP) is 1.05. The van der Waals surface area contributed by atoms with Crippen LogP contribution in [0.4, 0.5) is 4.79 Å². The first-order valence-corrected chi connectivity index (χ1v) is 7.81. The van der Waals surface area contributed by atoms with Crippen molar-refractivity contribution in [3.05, 3.63) is 0 Å². The molecule has 3 atom stereocenters. The van der Waals surface area contributed by atoms with E-state index in [0.717, 1.165) is 17.9 Å². The Kier molecular flexibility index (Phi) is 4.09. The van der Waals surface area contributed by atoms with Crippen LogP contribution in [-0.2, 0) is 4.79 Å². The smallest absolute Gasteiger partial charge is 0.327 e. The molecule has 5 nitrogen and oxygen atoms in total. The molecule has 0 aromatic rings. The van der Waals surface area contributed by atoms with Crippen LogP contribution in [0.5, 0.6) is 0 Å². The first-order chi connectivity index (χ1) is 8.09. The third kappa shape index (κ3) is 2.82. The van der Waals surface area contributed by atoms with Crippen molar-refractivity contribution >= 4 is 35.5 Å². The number of nitrogens with zero attached hydrogens (tertiary/aromatic N) is 1. The molecule has 7 heteroatoms. The monoisotopic (exact) mass is 276 g/mol. The summed E-state index contributed by atoms with van der Waals surface area (Å²) in [6, 6.07) is -0.730. The normalized spacial score (nSPS) is 32.8. The van der Waals surface area contributed by atoms with Gasteiger partial charge < -0.3 is 10.4 Å². The highest BCUT2D eigenvalue weighted by molar-refractivity contribution is 8.00. The number of amides is 2. The van der Waals surface area contributed by atoms with E-state index in [2.05, 4.69) is 5.32 Å². The molecule has 0 saturated carbocycles. The lowest BCUT2D eigenvalue weighted by Crippen LogP contribution is -2.52. The van der Waals surface area contributed by atoms with Crippen molar-refractivity contribution in [1.82, 2.24) is 10.2 Å². The standard InChI is InChI=1S/C10H16N2O3S2/c1-6-12(8(5-17-6)9(13)14)10(15)11-7-2-3-16-4-7/h6-8H,2-5H2,1H3,(H,11,15)(H,13,14). The van der Waals surface area contributed by atoms with Gasteiger partial charge in [0.05, 0.1) is 5.37 Å².